The zero-order valence-electron chi connectivity index (χ0n) is 11.9. The van der Waals surface area contributed by atoms with Crippen LogP contribution in [-0.2, 0) is 4.79 Å². The Morgan fingerprint density at radius 3 is 2.71 bits per heavy atom. The highest BCUT2D eigenvalue weighted by atomic mass is 79.9. The summed E-state index contributed by atoms with van der Waals surface area (Å²) in [6.45, 7) is 3.70. The Hall–Kier alpha value is -1.63. The van der Waals surface area contributed by atoms with Crippen LogP contribution >= 0.6 is 15.9 Å². The zero-order chi connectivity index (χ0) is 16.0. The molecule has 0 bridgehead atoms. The molecular weight excluding hydrogens is 343 g/mol. The summed E-state index contributed by atoms with van der Waals surface area (Å²) in [7, 11) is 0. The molecule has 0 saturated heterocycles. The molecule has 0 aromatic heterocycles. The molecule has 0 heterocycles. The second kappa shape index (κ2) is 7.97. The van der Waals surface area contributed by atoms with E-state index in [4.69, 9.17) is 5.11 Å². The summed E-state index contributed by atoms with van der Waals surface area (Å²) in [5.41, 5.74) is 1.13. The van der Waals surface area contributed by atoms with Crippen LogP contribution in [0.4, 0.5) is 14.9 Å². The first-order chi connectivity index (χ1) is 9.81. The van der Waals surface area contributed by atoms with Gasteiger partial charge in [-0.3, -0.25) is 4.79 Å². The van der Waals surface area contributed by atoms with E-state index in [-0.39, 0.29) is 10.3 Å². The number of amides is 2. The lowest BCUT2D eigenvalue weighted by Crippen LogP contribution is -2.30. The number of carbonyl (C=O) groups excluding carboxylic acids is 1. The van der Waals surface area contributed by atoms with Crippen molar-refractivity contribution >= 4 is 33.6 Å². The van der Waals surface area contributed by atoms with Gasteiger partial charge in [0.05, 0.1) is 10.4 Å². The molecule has 0 saturated carbocycles. The molecule has 0 aliphatic rings. The molecule has 0 aliphatic heterocycles. The minimum Gasteiger partial charge on any atom is -0.481 e. The van der Waals surface area contributed by atoms with Gasteiger partial charge in [0.25, 0.3) is 0 Å². The zero-order valence-corrected chi connectivity index (χ0v) is 13.5. The van der Waals surface area contributed by atoms with Crippen LogP contribution in [0.15, 0.2) is 16.6 Å². The normalized spacial score (nSPS) is 11.8. The lowest BCUT2D eigenvalue weighted by Gasteiger charge is -2.11. The Kier molecular flexibility index (Phi) is 6.61. The molecule has 0 radical (unpaired) electrons. The second-order valence-corrected chi connectivity index (χ2v) is 5.70. The maximum atomic E-state index is 13.3. The van der Waals surface area contributed by atoms with E-state index in [9.17, 15) is 14.0 Å². The number of carbonyl (C=O) groups is 2. The van der Waals surface area contributed by atoms with Crippen LogP contribution in [-0.4, -0.2) is 23.7 Å². The third-order valence-electron chi connectivity index (χ3n) is 3.04. The Balaban J connectivity index is 2.41. The molecule has 1 aromatic carbocycles. The quantitative estimate of drug-likeness (QED) is 0.679. The van der Waals surface area contributed by atoms with Gasteiger partial charge in [-0.05, 0) is 53.4 Å². The molecule has 5 nitrogen and oxygen atoms in total. The van der Waals surface area contributed by atoms with Crippen LogP contribution in [0.25, 0.3) is 0 Å². The highest BCUT2D eigenvalue weighted by Gasteiger charge is 2.11. The highest BCUT2D eigenvalue weighted by Crippen LogP contribution is 2.24. The number of carboxylic acid groups (broad SMARTS) is 1. The van der Waals surface area contributed by atoms with Gasteiger partial charge in [0.15, 0.2) is 0 Å². The topological polar surface area (TPSA) is 78.4 Å². The van der Waals surface area contributed by atoms with Crippen LogP contribution in [0.5, 0.6) is 0 Å². The molecule has 3 N–H and O–H groups in total. The van der Waals surface area contributed by atoms with Gasteiger partial charge >= 0.3 is 12.0 Å². The van der Waals surface area contributed by atoms with Crippen molar-refractivity contribution in [1.29, 1.82) is 0 Å². The number of urea groups is 1. The third kappa shape index (κ3) is 5.71. The summed E-state index contributed by atoms with van der Waals surface area (Å²) >= 11 is 3.06. The van der Waals surface area contributed by atoms with Gasteiger partial charge in [-0.25, -0.2) is 9.18 Å². The molecule has 1 unspecified atom stereocenters. The summed E-state index contributed by atoms with van der Waals surface area (Å²) in [6.07, 6.45) is 1.07. The minimum atomic E-state index is -0.841. The van der Waals surface area contributed by atoms with Crippen molar-refractivity contribution in [3.8, 4) is 0 Å². The van der Waals surface area contributed by atoms with Crippen molar-refractivity contribution in [3.63, 3.8) is 0 Å². The first kappa shape index (κ1) is 17.4. The standard InChI is InChI=1S/C14H18BrFN2O3/c1-8(13(19)20)4-3-5-17-14(21)18-12-7-10(15)11(16)6-9(12)2/h6-8H,3-5H2,1-2H3,(H,19,20)(H2,17,18,21). The third-order valence-corrected chi connectivity index (χ3v) is 3.64. The maximum Gasteiger partial charge on any atom is 0.319 e. The van der Waals surface area contributed by atoms with Gasteiger partial charge in [0.2, 0.25) is 0 Å². The first-order valence-corrected chi connectivity index (χ1v) is 7.34. The number of aliphatic carboxylic acids is 1. The van der Waals surface area contributed by atoms with Gasteiger partial charge in [0.1, 0.15) is 5.82 Å². The van der Waals surface area contributed by atoms with Crippen LogP contribution in [0.2, 0.25) is 0 Å². The largest absolute Gasteiger partial charge is 0.481 e. The molecule has 21 heavy (non-hydrogen) atoms. The number of aryl methyl sites for hydroxylation is 1. The van der Waals surface area contributed by atoms with Gasteiger partial charge < -0.3 is 15.7 Å². The van der Waals surface area contributed by atoms with Crippen LogP contribution in [0.3, 0.4) is 0 Å². The fraction of sp³-hybridized carbons (Fsp3) is 0.429. The van der Waals surface area contributed by atoms with Gasteiger partial charge in [-0.15, -0.1) is 0 Å². The summed E-state index contributed by atoms with van der Waals surface area (Å²) in [5.74, 6) is -1.66. The fourth-order valence-electron chi connectivity index (χ4n) is 1.68. The molecule has 116 valence electrons. The Labute approximate surface area is 131 Å². The number of halogens is 2. The summed E-state index contributed by atoms with van der Waals surface area (Å²) in [4.78, 5) is 22.3. The van der Waals surface area contributed by atoms with Crippen LogP contribution in [0.1, 0.15) is 25.3 Å². The number of carboxylic acids is 1. The van der Waals surface area contributed by atoms with Crippen molar-refractivity contribution in [1.82, 2.24) is 5.32 Å². The highest BCUT2D eigenvalue weighted by molar-refractivity contribution is 9.10. The van der Waals surface area contributed by atoms with E-state index in [0.717, 1.165) is 0 Å². The fourth-order valence-corrected chi connectivity index (χ4v) is 2.02. The molecule has 1 atom stereocenters. The van der Waals surface area contributed by atoms with Crippen LogP contribution in [0, 0.1) is 18.7 Å². The molecule has 1 aromatic rings. The maximum absolute atomic E-state index is 13.3. The number of anilines is 1. The molecule has 1 rings (SSSR count). The smallest absolute Gasteiger partial charge is 0.319 e. The van der Waals surface area contributed by atoms with Crippen molar-refractivity contribution < 1.29 is 19.1 Å². The number of rotatable bonds is 6. The van der Waals surface area contributed by atoms with E-state index in [0.29, 0.717) is 30.6 Å². The van der Waals surface area contributed by atoms with Crippen LogP contribution < -0.4 is 10.6 Å². The summed E-state index contributed by atoms with van der Waals surface area (Å²) < 4.78 is 13.5. The molecule has 0 spiro atoms. The van der Waals surface area contributed by atoms with Gasteiger partial charge in [-0.1, -0.05) is 6.92 Å². The lowest BCUT2D eigenvalue weighted by molar-refractivity contribution is -0.141. The Morgan fingerprint density at radius 2 is 2.10 bits per heavy atom. The SMILES string of the molecule is Cc1cc(F)c(Br)cc1NC(=O)NCCCC(C)C(=O)O. The number of hydrogen-bond acceptors (Lipinski definition) is 2. The first-order valence-electron chi connectivity index (χ1n) is 6.54. The van der Waals surface area contributed by atoms with E-state index in [2.05, 4.69) is 26.6 Å². The van der Waals surface area contributed by atoms with E-state index in [1.165, 1.54) is 12.1 Å². The van der Waals surface area contributed by atoms with E-state index < -0.39 is 17.9 Å². The second-order valence-electron chi connectivity index (χ2n) is 4.84. The monoisotopic (exact) mass is 360 g/mol. The van der Waals surface area contributed by atoms with Crippen molar-refractivity contribution in [2.24, 2.45) is 5.92 Å². The molecule has 0 aliphatic carbocycles. The van der Waals surface area contributed by atoms with Crippen molar-refractivity contribution in [2.45, 2.75) is 26.7 Å². The molecular formula is C14H18BrFN2O3. The Bertz CT molecular complexity index is 537. The average Bonchev–Trinajstić information content (AvgIpc) is 2.40. The predicted octanol–water partition coefficient (Wildman–Crippen LogP) is 3.52. The molecule has 2 amide bonds. The average molecular weight is 361 g/mol. The lowest BCUT2D eigenvalue weighted by atomic mass is 10.1. The summed E-state index contributed by atoms with van der Waals surface area (Å²) in [6, 6.07) is 2.42. The number of hydrogen-bond donors (Lipinski definition) is 3. The number of nitrogens with one attached hydrogen (secondary N) is 2. The minimum absolute atomic E-state index is 0.277. The van der Waals surface area contributed by atoms with Gasteiger partial charge in [-0.2, -0.15) is 0 Å². The molecule has 0 fully saturated rings. The van der Waals surface area contributed by atoms with Crippen molar-refractivity contribution in [3.05, 3.63) is 28.0 Å². The number of benzene rings is 1. The van der Waals surface area contributed by atoms with Crippen molar-refractivity contribution in [2.75, 3.05) is 11.9 Å². The Morgan fingerprint density at radius 1 is 1.43 bits per heavy atom. The van der Waals surface area contributed by atoms with E-state index in [1.54, 1.807) is 13.8 Å². The van der Waals surface area contributed by atoms with Gasteiger partial charge in [0, 0.05) is 12.2 Å². The predicted molar refractivity (Wildman–Crippen MR) is 81.9 cm³/mol. The van der Waals surface area contributed by atoms with E-state index >= 15 is 0 Å². The molecule has 7 heteroatoms. The van der Waals surface area contributed by atoms with E-state index in [1.807, 2.05) is 0 Å². The summed E-state index contributed by atoms with van der Waals surface area (Å²) in [5, 5.41) is 14.0.